The molecular weight excluding hydrogens is 318 g/mol. The van der Waals surface area contributed by atoms with Crippen molar-refractivity contribution in [3.05, 3.63) is 35.9 Å². The normalized spacial score (nSPS) is 22.3. The van der Waals surface area contributed by atoms with Crippen molar-refractivity contribution in [2.45, 2.75) is 18.0 Å². The molecule has 0 spiro atoms. The molecule has 2 atom stereocenters. The van der Waals surface area contributed by atoms with Gasteiger partial charge in [0.2, 0.25) is 9.05 Å². The Kier molecular flexibility index (Phi) is 5.08. The fourth-order valence-corrected chi connectivity index (χ4v) is 3.63. The predicted molar refractivity (Wildman–Crippen MR) is 77.6 cm³/mol. The number of ether oxygens (including phenoxy) is 2. The number of rotatable bonds is 4. The monoisotopic (exact) mass is 333 g/mol. The molecule has 0 bridgehead atoms. The molecule has 0 aliphatic carbocycles. The van der Waals surface area contributed by atoms with Crippen molar-refractivity contribution in [3.63, 3.8) is 0 Å². The van der Waals surface area contributed by atoms with E-state index >= 15 is 0 Å². The molecule has 21 heavy (non-hydrogen) atoms. The number of carbonyl (C=O) groups is 1. The van der Waals surface area contributed by atoms with Crippen LogP contribution in [0.15, 0.2) is 30.3 Å². The lowest BCUT2D eigenvalue weighted by Crippen LogP contribution is -2.31. The summed E-state index contributed by atoms with van der Waals surface area (Å²) in [5, 5.41) is -0.937. The molecule has 8 heteroatoms. The first-order valence-corrected chi connectivity index (χ1v) is 8.71. The average Bonchev–Trinajstić information content (AvgIpc) is 2.90. The van der Waals surface area contributed by atoms with Crippen molar-refractivity contribution in [1.82, 2.24) is 4.90 Å². The van der Waals surface area contributed by atoms with Gasteiger partial charge >= 0.3 is 6.09 Å². The van der Waals surface area contributed by atoms with Gasteiger partial charge in [-0.25, -0.2) is 13.2 Å². The van der Waals surface area contributed by atoms with Crippen LogP contribution in [0, 0.1) is 0 Å². The highest BCUT2D eigenvalue weighted by Gasteiger charge is 2.43. The van der Waals surface area contributed by atoms with Crippen LogP contribution in [0.25, 0.3) is 0 Å². The summed E-state index contributed by atoms with van der Waals surface area (Å²) in [5.74, 6) is 0. The molecule has 1 aliphatic heterocycles. The van der Waals surface area contributed by atoms with Gasteiger partial charge in [0.15, 0.2) is 0 Å². The quantitative estimate of drug-likeness (QED) is 0.782. The minimum absolute atomic E-state index is 0.0298. The van der Waals surface area contributed by atoms with Gasteiger partial charge in [-0.2, -0.15) is 0 Å². The Labute approximate surface area is 128 Å². The van der Waals surface area contributed by atoms with Crippen LogP contribution in [0.3, 0.4) is 0 Å². The van der Waals surface area contributed by atoms with Crippen LogP contribution in [0.2, 0.25) is 0 Å². The number of halogens is 1. The third kappa shape index (κ3) is 4.09. The molecule has 6 nitrogen and oxygen atoms in total. The molecule has 1 aliphatic rings. The maximum absolute atomic E-state index is 12.0. The smallest absolute Gasteiger partial charge is 0.410 e. The number of hydrogen-bond donors (Lipinski definition) is 0. The topological polar surface area (TPSA) is 72.9 Å². The van der Waals surface area contributed by atoms with Crippen LogP contribution in [0.1, 0.15) is 5.56 Å². The van der Waals surface area contributed by atoms with E-state index in [0.29, 0.717) is 0 Å². The largest absolute Gasteiger partial charge is 0.445 e. The second-order valence-electron chi connectivity index (χ2n) is 4.73. The summed E-state index contributed by atoms with van der Waals surface area (Å²) in [6.07, 6.45) is -1.22. The SMILES string of the molecule is CO[C@@H]1CN(C(=O)OCc2ccccc2)C[C@H]1S(=O)(=O)Cl. The number of likely N-dealkylation sites (tertiary alicyclic amines) is 1. The minimum Gasteiger partial charge on any atom is -0.445 e. The molecule has 116 valence electrons. The second-order valence-corrected chi connectivity index (χ2v) is 7.58. The molecule has 1 saturated heterocycles. The lowest BCUT2D eigenvalue weighted by molar-refractivity contribution is 0.0852. The lowest BCUT2D eigenvalue weighted by atomic mass is 10.2. The summed E-state index contributed by atoms with van der Waals surface area (Å²) in [6.45, 7) is 0.241. The summed E-state index contributed by atoms with van der Waals surface area (Å²) in [7, 11) is 2.96. The number of amides is 1. The van der Waals surface area contributed by atoms with Gasteiger partial charge in [0.1, 0.15) is 11.9 Å². The first-order valence-electron chi connectivity index (χ1n) is 6.33. The minimum atomic E-state index is -3.80. The summed E-state index contributed by atoms with van der Waals surface area (Å²) < 4.78 is 33.2. The van der Waals surface area contributed by atoms with Gasteiger partial charge in [0.05, 0.1) is 12.6 Å². The van der Waals surface area contributed by atoms with Gasteiger partial charge in [-0.15, -0.1) is 0 Å². The zero-order chi connectivity index (χ0) is 15.5. The highest BCUT2D eigenvalue weighted by Crippen LogP contribution is 2.23. The van der Waals surface area contributed by atoms with E-state index in [1.54, 1.807) is 0 Å². The van der Waals surface area contributed by atoms with E-state index < -0.39 is 26.5 Å². The van der Waals surface area contributed by atoms with E-state index in [2.05, 4.69) is 0 Å². The first kappa shape index (κ1) is 16.1. The predicted octanol–water partition coefficient (Wildman–Crippen LogP) is 1.59. The molecule has 1 heterocycles. The Bertz CT molecular complexity index is 592. The number of carbonyl (C=O) groups excluding carboxylic acids is 1. The van der Waals surface area contributed by atoms with E-state index in [1.165, 1.54) is 12.0 Å². The summed E-state index contributed by atoms with van der Waals surface area (Å²) in [5.41, 5.74) is 0.856. The lowest BCUT2D eigenvalue weighted by Gasteiger charge is -2.15. The number of methoxy groups -OCH3 is 1. The van der Waals surface area contributed by atoms with E-state index in [1.807, 2.05) is 30.3 Å². The van der Waals surface area contributed by atoms with Gasteiger partial charge in [-0.05, 0) is 5.56 Å². The van der Waals surface area contributed by atoms with E-state index in [4.69, 9.17) is 20.2 Å². The zero-order valence-corrected chi connectivity index (χ0v) is 13.0. The third-order valence-corrected chi connectivity index (χ3v) is 5.21. The molecule has 1 aromatic rings. The highest BCUT2D eigenvalue weighted by molar-refractivity contribution is 8.14. The third-order valence-electron chi connectivity index (χ3n) is 3.34. The molecule has 0 radical (unpaired) electrons. The van der Waals surface area contributed by atoms with Gasteiger partial charge in [-0.3, -0.25) is 0 Å². The van der Waals surface area contributed by atoms with Crippen LogP contribution in [0.5, 0.6) is 0 Å². The highest BCUT2D eigenvalue weighted by atomic mass is 35.7. The van der Waals surface area contributed by atoms with Crippen molar-refractivity contribution in [3.8, 4) is 0 Å². The standard InChI is InChI=1S/C13H16ClNO5S/c1-19-11-7-15(8-12(11)21(14,17)18)13(16)20-9-10-5-3-2-4-6-10/h2-6,11-12H,7-9H2,1H3/t11-,12-/m1/s1. The van der Waals surface area contributed by atoms with E-state index in [9.17, 15) is 13.2 Å². The fourth-order valence-electron chi connectivity index (χ4n) is 2.20. The number of nitrogens with zero attached hydrogens (tertiary/aromatic N) is 1. The van der Waals surface area contributed by atoms with Gasteiger partial charge in [0.25, 0.3) is 0 Å². The molecule has 1 amide bonds. The van der Waals surface area contributed by atoms with Crippen LogP contribution >= 0.6 is 10.7 Å². The summed E-state index contributed by atoms with van der Waals surface area (Å²) in [4.78, 5) is 13.3. The molecule has 0 N–H and O–H groups in total. The molecule has 0 unspecified atom stereocenters. The van der Waals surface area contributed by atoms with Crippen molar-refractivity contribution in [1.29, 1.82) is 0 Å². The Morgan fingerprint density at radius 2 is 2.00 bits per heavy atom. The number of benzene rings is 1. The Morgan fingerprint density at radius 3 is 2.52 bits per heavy atom. The van der Waals surface area contributed by atoms with E-state index in [-0.39, 0.29) is 19.7 Å². The van der Waals surface area contributed by atoms with Crippen molar-refractivity contribution in [2.24, 2.45) is 0 Å². The number of hydrogen-bond acceptors (Lipinski definition) is 5. The molecule has 0 aromatic heterocycles. The van der Waals surface area contributed by atoms with Crippen LogP contribution in [-0.4, -0.2) is 51.0 Å². The molecule has 2 rings (SSSR count). The van der Waals surface area contributed by atoms with Crippen molar-refractivity contribution < 1.29 is 22.7 Å². The van der Waals surface area contributed by atoms with Gasteiger partial charge in [-0.1, -0.05) is 30.3 Å². The summed E-state index contributed by atoms with van der Waals surface area (Å²) in [6, 6.07) is 9.22. The maximum atomic E-state index is 12.0. The van der Waals surface area contributed by atoms with Gasteiger partial charge in [0, 0.05) is 24.3 Å². The van der Waals surface area contributed by atoms with Crippen molar-refractivity contribution >= 4 is 25.8 Å². The second kappa shape index (κ2) is 6.64. The Balaban J connectivity index is 1.95. The zero-order valence-electron chi connectivity index (χ0n) is 11.4. The molecule has 1 fully saturated rings. The fraction of sp³-hybridized carbons (Fsp3) is 0.462. The van der Waals surface area contributed by atoms with Crippen molar-refractivity contribution in [2.75, 3.05) is 20.2 Å². The van der Waals surface area contributed by atoms with Crippen LogP contribution in [-0.2, 0) is 25.1 Å². The Hall–Kier alpha value is -1.31. The molecular formula is C13H16ClNO5S. The Morgan fingerprint density at radius 1 is 1.33 bits per heavy atom. The van der Waals surface area contributed by atoms with E-state index in [0.717, 1.165) is 5.56 Å². The summed E-state index contributed by atoms with van der Waals surface area (Å²) >= 11 is 0. The molecule has 0 saturated carbocycles. The molecule has 1 aromatic carbocycles. The first-order chi connectivity index (χ1) is 9.91. The maximum Gasteiger partial charge on any atom is 0.410 e. The van der Waals surface area contributed by atoms with Crippen LogP contribution < -0.4 is 0 Å². The van der Waals surface area contributed by atoms with Gasteiger partial charge < -0.3 is 14.4 Å². The average molecular weight is 334 g/mol. The van der Waals surface area contributed by atoms with Crippen LogP contribution in [0.4, 0.5) is 4.79 Å².